The molecule has 0 bridgehead atoms. The van der Waals surface area contributed by atoms with E-state index in [0.717, 1.165) is 17.7 Å². The summed E-state index contributed by atoms with van der Waals surface area (Å²) in [4.78, 5) is 13.3. The van der Waals surface area contributed by atoms with Crippen molar-refractivity contribution in [2.45, 2.75) is 32.1 Å². The predicted octanol–water partition coefficient (Wildman–Crippen LogP) is 3.63. The molecule has 0 saturated carbocycles. The summed E-state index contributed by atoms with van der Waals surface area (Å²) in [6, 6.07) is 14.1. The van der Waals surface area contributed by atoms with Gasteiger partial charge in [0.2, 0.25) is 11.7 Å². The number of nitrogens with zero attached hydrogens (tertiary/aromatic N) is 4. The summed E-state index contributed by atoms with van der Waals surface area (Å²) in [5.74, 6) is -0.113. The van der Waals surface area contributed by atoms with Crippen molar-refractivity contribution in [1.29, 1.82) is 0 Å². The van der Waals surface area contributed by atoms with E-state index in [9.17, 15) is 18.0 Å². The standard InChI is InChI=1S/C19H18F3N5O/c1-13(14-6-3-2-4-7-14)23-17(28)10-11-27-25-18(24-26-27)15-8-5-9-16(12-15)19(20,21)22/h2-9,12-13H,10-11H2,1H3,(H,23,28)/t13-/m0/s1. The molecule has 0 spiro atoms. The van der Waals surface area contributed by atoms with Gasteiger partial charge in [0, 0.05) is 12.0 Å². The van der Waals surface area contributed by atoms with Crippen LogP contribution < -0.4 is 5.32 Å². The van der Waals surface area contributed by atoms with Gasteiger partial charge >= 0.3 is 6.18 Å². The van der Waals surface area contributed by atoms with E-state index in [1.54, 1.807) is 0 Å². The Morgan fingerprint density at radius 1 is 1.14 bits per heavy atom. The number of aryl methyl sites for hydroxylation is 1. The second-order valence-electron chi connectivity index (χ2n) is 6.24. The number of hydrogen-bond acceptors (Lipinski definition) is 4. The molecule has 0 aliphatic carbocycles. The first-order valence-corrected chi connectivity index (χ1v) is 8.62. The Kier molecular flexibility index (Phi) is 5.72. The van der Waals surface area contributed by atoms with Crippen molar-refractivity contribution in [2.24, 2.45) is 0 Å². The molecule has 2 aromatic carbocycles. The van der Waals surface area contributed by atoms with Gasteiger partial charge in [0.05, 0.1) is 18.2 Å². The minimum atomic E-state index is -4.44. The number of nitrogens with one attached hydrogen (secondary N) is 1. The third kappa shape index (κ3) is 4.93. The molecule has 1 aromatic heterocycles. The molecule has 1 heterocycles. The van der Waals surface area contributed by atoms with E-state index in [1.165, 1.54) is 16.9 Å². The normalized spacial score (nSPS) is 12.6. The highest BCUT2D eigenvalue weighted by Crippen LogP contribution is 2.31. The molecule has 28 heavy (non-hydrogen) atoms. The second-order valence-corrected chi connectivity index (χ2v) is 6.24. The summed E-state index contributed by atoms with van der Waals surface area (Å²) in [5, 5.41) is 14.5. The molecule has 0 radical (unpaired) electrons. The van der Waals surface area contributed by atoms with Crippen LogP contribution >= 0.6 is 0 Å². The fourth-order valence-corrected chi connectivity index (χ4v) is 2.63. The fraction of sp³-hybridized carbons (Fsp3) is 0.263. The minimum absolute atomic E-state index is 0.0733. The van der Waals surface area contributed by atoms with Gasteiger partial charge in [-0.25, -0.2) is 0 Å². The first-order chi connectivity index (χ1) is 13.3. The van der Waals surface area contributed by atoms with Gasteiger partial charge in [0.15, 0.2) is 0 Å². The van der Waals surface area contributed by atoms with Crippen molar-refractivity contribution in [3.8, 4) is 11.4 Å². The molecular weight excluding hydrogens is 371 g/mol. The SMILES string of the molecule is C[C@H](NC(=O)CCn1nnc(-c2cccc(C(F)(F)F)c2)n1)c1ccccc1. The van der Waals surface area contributed by atoms with Crippen LogP contribution in [-0.2, 0) is 17.5 Å². The summed E-state index contributed by atoms with van der Waals surface area (Å²) in [7, 11) is 0. The van der Waals surface area contributed by atoms with E-state index in [4.69, 9.17) is 0 Å². The molecular formula is C19H18F3N5O. The smallest absolute Gasteiger partial charge is 0.350 e. The predicted molar refractivity (Wildman–Crippen MR) is 95.9 cm³/mol. The summed E-state index contributed by atoms with van der Waals surface area (Å²) in [5.41, 5.74) is 0.417. The zero-order valence-electron chi connectivity index (χ0n) is 15.0. The first kappa shape index (κ1) is 19.5. The zero-order chi connectivity index (χ0) is 20.1. The number of benzene rings is 2. The third-order valence-electron chi connectivity index (χ3n) is 4.12. The Morgan fingerprint density at radius 3 is 2.61 bits per heavy atom. The van der Waals surface area contributed by atoms with Crippen LogP contribution in [0, 0.1) is 0 Å². The summed E-state index contributed by atoms with van der Waals surface area (Å²) >= 11 is 0. The highest BCUT2D eigenvalue weighted by atomic mass is 19.4. The fourth-order valence-electron chi connectivity index (χ4n) is 2.63. The molecule has 0 unspecified atom stereocenters. The summed E-state index contributed by atoms with van der Waals surface area (Å²) < 4.78 is 38.5. The van der Waals surface area contributed by atoms with Crippen LogP contribution in [0.4, 0.5) is 13.2 Å². The van der Waals surface area contributed by atoms with Crippen molar-refractivity contribution >= 4 is 5.91 Å². The van der Waals surface area contributed by atoms with Crippen molar-refractivity contribution < 1.29 is 18.0 Å². The molecule has 0 saturated heterocycles. The molecule has 1 N–H and O–H groups in total. The number of tetrazole rings is 1. The maximum Gasteiger partial charge on any atom is 0.416 e. The van der Waals surface area contributed by atoms with Crippen LogP contribution in [-0.4, -0.2) is 26.1 Å². The number of carbonyl (C=O) groups is 1. The number of aromatic nitrogens is 4. The lowest BCUT2D eigenvalue weighted by Gasteiger charge is -2.13. The van der Waals surface area contributed by atoms with Crippen molar-refractivity contribution in [3.63, 3.8) is 0 Å². The lowest BCUT2D eigenvalue weighted by Crippen LogP contribution is -2.27. The quantitative estimate of drug-likeness (QED) is 0.699. The number of carbonyl (C=O) groups excluding carboxylic acids is 1. The lowest BCUT2D eigenvalue weighted by molar-refractivity contribution is -0.137. The van der Waals surface area contributed by atoms with Crippen molar-refractivity contribution in [2.75, 3.05) is 0 Å². The van der Waals surface area contributed by atoms with Crippen LogP contribution in [0.15, 0.2) is 54.6 Å². The largest absolute Gasteiger partial charge is 0.416 e. The van der Waals surface area contributed by atoms with Gasteiger partial charge in [-0.1, -0.05) is 42.5 Å². The number of amides is 1. The van der Waals surface area contributed by atoms with Gasteiger partial charge in [-0.3, -0.25) is 4.79 Å². The number of alkyl halides is 3. The number of hydrogen-bond donors (Lipinski definition) is 1. The van der Waals surface area contributed by atoms with Crippen LogP contribution in [0.3, 0.4) is 0 Å². The first-order valence-electron chi connectivity index (χ1n) is 8.62. The Bertz CT molecular complexity index is 940. The van der Waals surface area contributed by atoms with E-state index in [1.807, 2.05) is 37.3 Å². The zero-order valence-corrected chi connectivity index (χ0v) is 15.0. The van der Waals surface area contributed by atoms with Gasteiger partial charge in [-0.15, -0.1) is 10.2 Å². The van der Waals surface area contributed by atoms with Crippen molar-refractivity contribution in [3.05, 3.63) is 65.7 Å². The molecule has 0 aliphatic heterocycles. The third-order valence-corrected chi connectivity index (χ3v) is 4.12. The molecule has 6 nitrogen and oxygen atoms in total. The highest BCUT2D eigenvalue weighted by molar-refractivity contribution is 5.76. The Balaban J connectivity index is 1.58. The Morgan fingerprint density at radius 2 is 1.89 bits per heavy atom. The van der Waals surface area contributed by atoms with Crippen molar-refractivity contribution in [1.82, 2.24) is 25.5 Å². The van der Waals surface area contributed by atoms with E-state index < -0.39 is 11.7 Å². The molecule has 1 amide bonds. The van der Waals surface area contributed by atoms with Gasteiger partial charge in [0.1, 0.15) is 0 Å². The minimum Gasteiger partial charge on any atom is -0.350 e. The van der Waals surface area contributed by atoms with Gasteiger partial charge < -0.3 is 5.32 Å². The number of halogens is 3. The molecule has 1 atom stereocenters. The van der Waals surface area contributed by atoms with E-state index in [0.29, 0.717) is 0 Å². The number of rotatable bonds is 6. The van der Waals surface area contributed by atoms with Crippen LogP contribution in [0.5, 0.6) is 0 Å². The summed E-state index contributed by atoms with van der Waals surface area (Å²) in [6.07, 6.45) is -4.32. The van der Waals surface area contributed by atoms with E-state index in [2.05, 4.69) is 20.7 Å². The highest BCUT2D eigenvalue weighted by Gasteiger charge is 2.30. The van der Waals surface area contributed by atoms with Gasteiger partial charge in [-0.2, -0.15) is 18.0 Å². The second kappa shape index (κ2) is 8.20. The molecule has 0 fully saturated rings. The molecule has 9 heteroatoms. The Hall–Kier alpha value is -3.23. The molecule has 0 aliphatic rings. The van der Waals surface area contributed by atoms with Gasteiger partial charge in [0.25, 0.3) is 0 Å². The van der Waals surface area contributed by atoms with Crippen LogP contribution in [0.25, 0.3) is 11.4 Å². The van der Waals surface area contributed by atoms with E-state index >= 15 is 0 Å². The van der Waals surface area contributed by atoms with Gasteiger partial charge in [-0.05, 0) is 29.8 Å². The monoisotopic (exact) mass is 389 g/mol. The molecule has 146 valence electrons. The van der Waals surface area contributed by atoms with E-state index in [-0.39, 0.29) is 36.3 Å². The average Bonchev–Trinajstić information content (AvgIpc) is 3.16. The lowest BCUT2D eigenvalue weighted by atomic mass is 10.1. The topological polar surface area (TPSA) is 72.7 Å². The van der Waals surface area contributed by atoms with Crippen LogP contribution in [0.1, 0.15) is 30.5 Å². The van der Waals surface area contributed by atoms with Crippen LogP contribution in [0.2, 0.25) is 0 Å². The maximum atomic E-state index is 12.8. The Labute approximate surface area is 159 Å². The molecule has 3 rings (SSSR count). The molecule has 3 aromatic rings. The average molecular weight is 389 g/mol. The maximum absolute atomic E-state index is 12.8. The summed E-state index contributed by atoms with van der Waals surface area (Å²) in [6.45, 7) is 2.05.